The number of pyridine rings is 1. The highest BCUT2D eigenvalue weighted by atomic mass is 35.5. The number of primary amides is 1. The molecule has 1 aromatic carbocycles. The van der Waals surface area contributed by atoms with Gasteiger partial charge in [0, 0.05) is 18.2 Å². The fourth-order valence-electron chi connectivity index (χ4n) is 5.18. The van der Waals surface area contributed by atoms with Gasteiger partial charge in [-0.1, -0.05) is 17.7 Å². The van der Waals surface area contributed by atoms with Gasteiger partial charge in [0.25, 0.3) is 5.91 Å². The third-order valence-electron chi connectivity index (χ3n) is 6.98. The molecule has 198 valence electrons. The number of carbonyl (C=O) groups excluding carboxylic acids is 4. The lowest BCUT2D eigenvalue weighted by Gasteiger charge is -2.34. The fourth-order valence-corrected chi connectivity index (χ4v) is 5.30. The first-order valence-electron chi connectivity index (χ1n) is 12.1. The number of ether oxygens (including phenoxy) is 2. The summed E-state index contributed by atoms with van der Waals surface area (Å²) >= 11 is 6.06. The molecule has 3 heterocycles. The van der Waals surface area contributed by atoms with Crippen LogP contribution >= 0.6 is 11.6 Å². The van der Waals surface area contributed by atoms with Crippen molar-refractivity contribution in [2.45, 2.75) is 31.7 Å². The normalized spacial score (nSPS) is 19.3. The van der Waals surface area contributed by atoms with Crippen molar-refractivity contribution in [2.75, 3.05) is 25.2 Å². The van der Waals surface area contributed by atoms with Crippen LogP contribution in [0.3, 0.4) is 0 Å². The van der Waals surface area contributed by atoms with Crippen molar-refractivity contribution in [1.29, 1.82) is 0 Å². The number of amides is 3. The van der Waals surface area contributed by atoms with Crippen molar-refractivity contribution in [3.63, 3.8) is 0 Å². The topological polar surface area (TPSA) is 145 Å². The molecule has 2 aliphatic rings. The monoisotopic (exact) mass is 540 g/mol. The number of esters is 1. The maximum absolute atomic E-state index is 14.2. The van der Waals surface area contributed by atoms with Gasteiger partial charge in [-0.25, -0.2) is 14.6 Å². The van der Waals surface area contributed by atoms with Crippen LogP contribution in [-0.4, -0.2) is 60.1 Å². The summed E-state index contributed by atoms with van der Waals surface area (Å²) in [6, 6.07) is 7.73. The van der Waals surface area contributed by atoms with Gasteiger partial charge in [0.05, 0.1) is 29.6 Å². The van der Waals surface area contributed by atoms with Crippen LogP contribution in [-0.2, 0) is 14.3 Å². The van der Waals surface area contributed by atoms with Gasteiger partial charge in [0.2, 0.25) is 11.7 Å². The molecule has 1 saturated carbocycles. The van der Waals surface area contributed by atoms with E-state index in [1.165, 1.54) is 30.3 Å². The fraction of sp³-hybridized carbons (Fsp3) is 0.346. The summed E-state index contributed by atoms with van der Waals surface area (Å²) in [4.78, 5) is 58.7. The zero-order valence-corrected chi connectivity index (χ0v) is 21.3. The highest BCUT2D eigenvalue weighted by molar-refractivity contribution is 6.30. The zero-order chi connectivity index (χ0) is 27.0. The van der Waals surface area contributed by atoms with Gasteiger partial charge in [-0.3, -0.25) is 14.5 Å². The van der Waals surface area contributed by atoms with Gasteiger partial charge in [0.1, 0.15) is 23.7 Å². The van der Waals surface area contributed by atoms with Gasteiger partial charge in [0.15, 0.2) is 0 Å². The molecular weight excluding hydrogens is 516 g/mol. The van der Waals surface area contributed by atoms with Crippen molar-refractivity contribution in [3.05, 3.63) is 52.9 Å². The van der Waals surface area contributed by atoms with Gasteiger partial charge >= 0.3 is 12.1 Å². The average Bonchev–Trinajstić information content (AvgIpc) is 3.53. The van der Waals surface area contributed by atoms with Crippen molar-refractivity contribution >= 4 is 58.0 Å². The number of nitrogens with zero attached hydrogens (tertiary/aromatic N) is 3. The Labute approximate surface area is 222 Å². The van der Waals surface area contributed by atoms with Gasteiger partial charge in [-0.15, -0.1) is 0 Å². The molecule has 0 radical (unpaired) electrons. The molecule has 0 atom stereocenters. The number of fused-ring (bicyclic) bond motifs is 1. The SMILES string of the molecule is COC(=O)c1cccc2oc(C(N)=O)c(N(c3ccc(Cl)cn3)C(=O)[C@H]3CC[C@H](N4CCOC4=O)CC3)c12. The molecule has 0 bridgehead atoms. The first-order valence-corrected chi connectivity index (χ1v) is 12.5. The molecule has 2 N–H and O–H groups in total. The Morgan fingerprint density at radius 2 is 1.92 bits per heavy atom. The minimum Gasteiger partial charge on any atom is -0.465 e. The lowest BCUT2D eigenvalue weighted by molar-refractivity contribution is -0.122. The molecule has 1 saturated heterocycles. The summed E-state index contributed by atoms with van der Waals surface area (Å²) in [5.41, 5.74) is 5.97. The summed E-state index contributed by atoms with van der Waals surface area (Å²) in [7, 11) is 1.23. The number of anilines is 2. The van der Waals surface area contributed by atoms with Crippen LogP contribution in [0.5, 0.6) is 0 Å². The lowest BCUT2D eigenvalue weighted by atomic mass is 9.84. The lowest BCUT2D eigenvalue weighted by Crippen LogP contribution is -2.42. The third-order valence-corrected chi connectivity index (χ3v) is 7.21. The Bertz CT molecular complexity index is 1410. The molecule has 5 rings (SSSR count). The van der Waals surface area contributed by atoms with Crippen molar-refractivity contribution in [2.24, 2.45) is 11.7 Å². The predicted molar refractivity (Wildman–Crippen MR) is 136 cm³/mol. The van der Waals surface area contributed by atoms with Gasteiger partial charge in [-0.2, -0.15) is 0 Å². The molecule has 0 spiro atoms. The quantitative estimate of drug-likeness (QED) is 0.461. The second-order valence-electron chi connectivity index (χ2n) is 9.14. The maximum atomic E-state index is 14.2. The van der Waals surface area contributed by atoms with Crippen LogP contribution in [0.4, 0.5) is 16.3 Å². The number of aromatic nitrogens is 1. The summed E-state index contributed by atoms with van der Waals surface area (Å²) in [6.07, 6.45) is 3.23. The molecule has 11 nitrogen and oxygen atoms in total. The van der Waals surface area contributed by atoms with Crippen molar-refractivity contribution in [1.82, 2.24) is 9.88 Å². The number of furan rings is 1. The number of hydrogen-bond acceptors (Lipinski definition) is 8. The standard InChI is InChI=1S/C26H25ClN4O7/c1-36-25(34)17-3-2-4-18-20(17)21(22(38-18)23(28)32)31(19-10-7-15(27)13-29-19)24(33)14-5-8-16(9-6-14)30-11-12-37-26(30)35/h2-4,7,10,13-14,16H,5-6,8-9,11-12H2,1H3,(H2,28,32)/t14-,16-. The number of halogens is 1. The number of methoxy groups -OCH3 is 1. The largest absolute Gasteiger partial charge is 0.465 e. The first-order chi connectivity index (χ1) is 18.3. The minimum atomic E-state index is -0.921. The van der Waals surface area contributed by atoms with E-state index in [-0.39, 0.29) is 51.8 Å². The van der Waals surface area contributed by atoms with E-state index in [4.69, 9.17) is 31.2 Å². The number of rotatable bonds is 6. The summed E-state index contributed by atoms with van der Waals surface area (Å²) in [6.45, 7) is 0.891. The van der Waals surface area contributed by atoms with E-state index in [1.54, 1.807) is 23.1 Å². The maximum Gasteiger partial charge on any atom is 0.410 e. The summed E-state index contributed by atoms with van der Waals surface area (Å²) in [5.74, 6) is -2.53. The number of benzene rings is 1. The predicted octanol–water partition coefficient (Wildman–Crippen LogP) is 4.04. The minimum absolute atomic E-state index is 0.0126. The third kappa shape index (κ3) is 4.53. The van der Waals surface area contributed by atoms with E-state index < -0.39 is 17.8 Å². The molecule has 12 heteroatoms. The highest BCUT2D eigenvalue weighted by Crippen LogP contribution is 2.42. The number of cyclic esters (lactones) is 1. The van der Waals surface area contributed by atoms with Crippen LogP contribution in [0, 0.1) is 5.92 Å². The number of nitrogens with two attached hydrogens (primary N) is 1. The Balaban J connectivity index is 1.59. The molecule has 3 amide bonds. The molecular formula is C26H25ClN4O7. The molecule has 2 aromatic heterocycles. The Morgan fingerprint density at radius 3 is 2.53 bits per heavy atom. The Morgan fingerprint density at radius 1 is 1.16 bits per heavy atom. The van der Waals surface area contributed by atoms with Gasteiger partial charge < -0.3 is 24.5 Å². The highest BCUT2D eigenvalue weighted by Gasteiger charge is 2.39. The smallest absolute Gasteiger partial charge is 0.410 e. The number of carbonyl (C=O) groups is 4. The van der Waals surface area contributed by atoms with Gasteiger partial charge in [-0.05, 0) is 49.9 Å². The van der Waals surface area contributed by atoms with Crippen LogP contribution in [0.25, 0.3) is 11.0 Å². The van der Waals surface area contributed by atoms with E-state index in [9.17, 15) is 19.2 Å². The van der Waals surface area contributed by atoms with Crippen LogP contribution < -0.4 is 10.6 Å². The zero-order valence-electron chi connectivity index (χ0n) is 20.5. The van der Waals surface area contributed by atoms with E-state index in [1.807, 2.05) is 0 Å². The molecule has 38 heavy (non-hydrogen) atoms. The van der Waals surface area contributed by atoms with E-state index in [0.29, 0.717) is 43.9 Å². The molecule has 3 aromatic rings. The van der Waals surface area contributed by atoms with Crippen LogP contribution in [0.2, 0.25) is 5.02 Å². The number of hydrogen-bond donors (Lipinski definition) is 1. The van der Waals surface area contributed by atoms with Crippen LogP contribution in [0.15, 0.2) is 40.9 Å². The second kappa shape index (κ2) is 10.3. The Kier molecular flexibility index (Phi) is 6.94. The van der Waals surface area contributed by atoms with Crippen molar-refractivity contribution in [3.8, 4) is 0 Å². The Hall–Kier alpha value is -4.12. The van der Waals surface area contributed by atoms with E-state index in [2.05, 4.69) is 4.98 Å². The first kappa shape index (κ1) is 25.5. The van der Waals surface area contributed by atoms with E-state index >= 15 is 0 Å². The summed E-state index contributed by atoms with van der Waals surface area (Å²) < 4.78 is 15.8. The second-order valence-corrected chi connectivity index (χ2v) is 9.57. The van der Waals surface area contributed by atoms with E-state index in [0.717, 1.165) is 0 Å². The molecule has 2 fully saturated rings. The van der Waals surface area contributed by atoms with Crippen LogP contribution in [0.1, 0.15) is 46.6 Å². The summed E-state index contributed by atoms with van der Waals surface area (Å²) in [5, 5.41) is 0.549. The molecule has 1 aliphatic carbocycles. The average molecular weight is 541 g/mol. The van der Waals surface area contributed by atoms with Crippen molar-refractivity contribution < 1.29 is 33.1 Å². The molecule has 1 aliphatic heterocycles. The molecule has 0 unspecified atom stereocenters.